The Labute approximate surface area is 190 Å². The van der Waals surface area contributed by atoms with Crippen molar-refractivity contribution in [3.05, 3.63) is 101 Å². The summed E-state index contributed by atoms with van der Waals surface area (Å²) < 4.78 is 10.7. The molecule has 1 N–H and O–H groups in total. The van der Waals surface area contributed by atoms with Crippen molar-refractivity contribution in [1.29, 1.82) is 0 Å². The quantitative estimate of drug-likeness (QED) is 0.358. The van der Waals surface area contributed by atoms with E-state index in [-0.39, 0.29) is 17.5 Å². The van der Waals surface area contributed by atoms with Crippen molar-refractivity contribution in [3.8, 4) is 5.75 Å². The molecule has 0 bridgehead atoms. The maximum Gasteiger partial charge on any atom is 0.363 e. The van der Waals surface area contributed by atoms with E-state index in [1.54, 1.807) is 72.8 Å². The van der Waals surface area contributed by atoms with Crippen LogP contribution < -0.4 is 10.1 Å². The molecule has 0 aromatic heterocycles. The topological polar surface area (TPSA) is 94.1 Å². The number of cyclic esters (lactones) is 1. The molecule has 0 radical (unpaired) electrons. The fourth-order valence-corrected chi connectivity index (χ4v) is 3.16. The van der Waals surface area contributed by atoms with Crippen LogP contribution in [0, 0.1) is 6.92 Å². The SMILES string of the molecule is CC(=O)Nc1ccc(C2=N/C(=C\c3ccc(OC(=O)c4cccc(C)c4)cc3)C(=O)O2)cc1. The Kier molecular flexibility index (Phi) is 6.13. The number of rotatable bonds is 5. The van der Waals surface area contributed by atoms with Crippen molar-refractivity contribution < 1.29 is 23.9 Å². The number of anilines is 1. The number of carbonyl (C=O) groups is 3. The first-order valence-electron chi connectivity index (χ1n) is 10.2. The molecule has 0 unspecified atom stereocenters. The molecule has 4 rings (SSSR count). The summed E-state index contributed by atoms with van der Waals surface area (Å²) in [6, 6.07) is 20.7. The van der Waals surface area contributed by atoms with Crippen LogP contribution in [0.5, 0.6) is 5.75 Å². The molecule has 3 aromatic carbocycles. The fourth-order valence-electron chi connectivity index (χ4n) is 3.16. The molecule has 0 aliphatic carbocycles. The van der Waals surface area contributed by atoms with Crippen LogP contribution in [-0.4, -0.2) is 23.7 Å². The van der Waals surface area contributed by atoms with Crippen molar-refractivity contribution in [3.63, 3.8) is 0 Å². The molecule has 3 aromatic rings. The van der Waals surface area contributed by atoms with E-state index >= 15 is 0 Å². The average molecular weight is 440 g/mol. The van der Waals surface area contributed by atoms with E-state index < -0.39 is 11.9 Å². The summed E-state index contributed by atoms with van der Waals surface area (Å²) in [4.78, 5) is 39.9. The molecule has 1 heterocycles. The van der Waals surface area contributed by atoms with Crippen molar-refractivity contribution in [2.24, 2.45) is 4.99 Å². The van der Waals surface area contributed by atoms with E-state index in [4.69, 9.17) is 9.47 Å². The van der Waals surface area contributed by atoms with Gasteiger partial charge < -0.3 is 14.8 Å². The van der Waals surface area contributed by atoms with Crippen LogP contribution >= 0.6 is 0 Å². The molecular formula is C26H20N2O5. The highest BCUT2D eigenvalue weighted by Crippen LogP contribution is 2.22. The first-order chi connectivity index (χ1) is 15.9. The van der Waals surface area contributed by atoms with Gasteiger partial charge in [-0.15, -0.1) is 0 Å². The summed E-state index contributed by atoms with van der Waals surface area (Å²) in [5.74, 6) is -0.604. The standard InChI is InChI=1S/C26H20N2O5/c1-16-4-3-5-20(14-16)25(30)32-22-12-6-18(7-13-22)15-23-26(31)33-24(28-23)19-8-10-21(11-9-19)27-17(2)29/h3-15H,1-2H3,(H,27,29)/b23-15-. The Morgan fingerprint density at radius 2 is 1.73 bits per heavy atom. The van der Waals surface area contributed by atoms with Gasteiger partial charge >= 0.3 is 11.9 Å². The number of aliphatic imine (C=N–C) groups is 1. The van der Waals surface area contributed by atoms with Crippen LogP contribution in [0.2, 0.25) is 0 Å². The number of amides is 1. The summed E-state index contributed by atoms with van der Waals surface area (Å²) in [7, 11) is 0. The Hall–Kier alpha value is -4.52. The first kappa shape index (κ1) is 21.7. The third-order valence-corrected chi connectivity index (χ3v) is 4.72. The molecule has 0 saturated heterocycles. The lowest BCUT2D eigenvalue weighted by Gasteiger charge is -2.05. The number of hydrogen-bond donors (Lipinski definition) is 1. The third kappa shape index (κ3) is 5.40. The minimum absolute atomic E-state index is 0.153. The molecule has 1 aliphatic rings. The Balaban J connectivity index is 1.46. The number of ether oxygens (including phenoxy) is 2. The van der Waals surface area contributed by atoms with Crippen molar-refractivity contribution in [2.75, 3.05) is 5.32 Å². The van der Waals surface area contributed by atoms with Gasteiger partial charge in [0.2, 0.25) is 11.8 Å². The fraction of sp³-hybridized carbons (Fsp3) is 0.0769. The molecule has 1 amide bonds. The van der Waals surface area contributed by atoms with Gasteiger partial charge in [-0.2, -0.15) is 0 Å². The minimum atomic E-state index is -0.564. The van der Waals surface area contributed by atoms with Gasteiger partial charge in [-0.05, 0) is 67.1 Å². The van der Waals surface area contributed by atoms with Gasteiger partial charge in [-0.25, -0.2) is 14.6 Å². The molecule has 164 valence electrons. The van der Waals surface area contributed by atoms with Crippen molar-refractivity contribution in [1.82, 2.24) is 0 Å². The number of hydrogen-bond acceptors (Lipinski definition) is 6. The van der Waals surface area contributed by atoms with Crippen LogP contribution in [0.25, 0.3) is 6.08 Å². The van der Waals surface area contributed by atoms with E-state index in [2.05, 4.69) is 10.3 Å². The van der Waals surface area contributed by atoms with E-state index in [1.807, 2.05) is 13.0 Å². The summed E-state index contributed by atoms with van der Waals surface area (Å²) in [5.41, 5.74) is 3.54. The summed E-state index contributed by atoms with van der Waals surface area (Å²) in [5, 5.41) is 2.67. The first-order valence-corrected chi connectivity index (χ1v) is 10.2. The second-order valence-electron chi connectivity index (χ2n) is 7.42. The highest BCUT2D eigenvalue weighted by Gasteiger charge is 2.24. The smallest absolute Gasteiger partial charge is 0.363 e. The van der Waals surface area contributed by atoms with E-state index in [0.29, 0.717) is 28.1 Å². The molecule has 1 aliphatic heterocycles. The van der Waals surface area contributed by atoms with E-state index in [1.165, 1.54) is 6.92 Å². The lowest BCUT2D eigenvalue weighted by Crippen LogP contribution is -2.08. The zero-order valence-corrected chi connectivity index (χ0v) is 18.0. The van der Waals surface area contributed by atoms with Crippen molar-refractivity contribution in [2.45, 2.75) is 13.8 Å². The third-order valence-electron chi connectivity index (χ3n) is 4.72. The largest absolute Gasteiger partial charge is 0.423 e. The monoisotopic (exact) mass is 440 g/mol. The minimum Gasteiger partial charge on any atom is -0.423 e. The maximum atomic E-state index is 12.3. The van der Waals surface area contributed by atoms with Crippen LogP contribution in [0.4, 0.5) is 5.69 Å². The second-order valence-corrected chi connectivity index (χ2v) is 7.42. The highest BCUT2D eigenvalue weighted by atomic mass is 16.6. The number of aryl methyl sites for hydroxylation is 1. The predicted molar refractivity (Wildman–Crippen MR) is 124 cm³/mol. The van der Waals surface area contributed by atoms with Gasteiger partial charge in [0, 0.05) is 18.2 Å². The maximum absolute atomic E-state index is 12.3. The number of nitrogens with one attached hydrogen (secondary N) is 1. The van der Waals surface area contributed by atoms with Gasteiger partial charge in [0.1, 0.15) is 5.75 Å². The van der Waals surface area contributed by atoms with E-state index in [9.17, 15) is 14.4 Å². The predicted octanol–water partition coefficient (Wildman–Crippen LogP) is 4.52. The number of esters is 2. The molecule has 0 fully saturated rings. The van der Waals surface area contributed by atoms with Crippen LogP contribution in [0.1, 0.15) is 34.0 Å². The summed E-state index contributed by atoms with van der Waals surface area (Å²) in [6.07, 6.45) is 1.59. The zero-order chi connectivity index (χ0) is 23.4. The summed E-state index contributed by atoms with van der Waals surface area (Å²) >= 11 is 0. The van der Waals surface area contributed by atoms with Gasteiger partial charge in [-0.3, -0.25) is 4.79 Å². The number of carbonyl (C=O) groups excluding carboxylic acids is 3. The Bertz CT molecular complexity index is 1290. The van der Waals surface area contributed by atoms with Crippen molar-refractivity contribution >= 4 is 35.5 Å². The molecular weight excluding hydrogens is 420 g/mol. The van der Waals surface area contributed by atoms with Crippen LogP contribution in [0.15, 0.2) is 83.5 Å². The molecule has 33 heavy (non-hydrogen) atoms. The molecule has 7 heteroatoms. The van der Waals surface area contributed by atoms with Gasteiger partial charge in [-0.1, -0.05) is 29.8 Å². The van der Waals surface area contributed by atoms with Gasteiger partial charge in [0.05, 0.1) is 5.56 Å². The molecule has 0 saturated carbocycles. The van der Waals surface area contributed by atoms with Gasteiger partial charge in [0.25, 0.3) is 0 Å². The van der Waals surface area contributed by atoms with Crippen LogP contribution in [0.3, 0.4) is 0 Å². The zero-order valence-electron chi connectivity index (χ0n) is 18.0. The Morgan fingerprint density at radius 1 is 1.00 bits per heavy atom. The summed E-state index contributed by atoms with van der Waals surface area (Å²) in [6.45, 7) is 3.33. The van der Waals surface area contributed by atoms with Crippen LogP contribution in [-0.2, 0) is 14.3 Å². The average Bonchev–Trinajstić information content (AvgIpc) is 3.15. The number of benzene rings is 3. The lowest BCUT2D eigenvalue weighted by molar-refractivity contribution is -0.129. The molecule has 0 atom stereocenters. The Morgan fingerprint density at radius 3 is 2.39 bits per heavy atom. The van der Waals surface area contributed by atoms with E-state index in [0.717, 1.165) is 5.56 Å². The van der Waals surface area contributed by atoms with Gasteiger partial charge in [0.15, 0.2) is 5.70 Å². The normalized spacial score (nSPS) is 13.9. The lowest BCUT2D eigenvalue weighted by atomic mass is 10.1. The number of nitrogens with zero attached hydrogens (tertiary/aromatic N) is 1. The molecule has 7 nitrogen and oxygen atoms in total. The molecule has 0 spiro atoms. The second kappa shape index (κ2) is 9.32. The highest BCUT2D eigenvalue weighted by molar-refractivity contribution is 6.13.